The third-order valence-corrected chi connectivity index (χ3v) is 3.64. The van der Waals surface area contributed by atoms with Crippen LogP contribution in [0, 0.1) is 12.7 Å². The van der Waals surface area contributed by atoms with Crippen LogP contribution < -0.4 is 5.32 Å². The third-order valence-electron chi connectivity index (χ3n) is 3.64. The Bertz CT molecular complexity index is 642. The Hall–Kier alpha value is -2.20. The molecule has 0 aliphatic carbocycles. The molecule has 0 aliphatic heterocycles. The van der Waals surface area contributed by atoms with Crippen molar-refractivity contribution < 1.29 is 14.3 Å². The summed E-state index contributed by atoms with van der Waals surface area (Å²) in [5, 5.41) is 12.6. The molecule has 1 amide bonds. The standard InChI is InChI=1S/C18H20FNO2/c1-13-6-2-3-7-14(13)10-11-18(22)20-12-17(21)15-8-4-5-9-16(15)19/h2-9,17,21H,10-12H2,1H3,(H,20,22). The van der Waals surface area contributed by atoms with E-state index in [1.807, 2.05) is 31.2 Å². The van der Waals surface area contributed by atoms with Crippen molar-refractivity contribution in [2.24, 2.45) is 0 Å². The van der Waals surface area contributed by atoms with Gasteiger partial charge in [-0.15, -0.1) is 0 Å². The minimum Gasteiger partial charge on any atom is -0.386 e. The highest BCUT2D eigenvalue weighted by atomic mass is 19.1. The van der Waals surface area contributed by atoms with Crippen LogP contribution in [0.2, 0.25) is 0 Å². The second-order valence-electron chi connectivity index (χ2n) is 5.27. The Labute approximate surface area is 129 Å². The maximum atomic E-state index is 13.5. The largest absolute Gasteiger partial charge is 0.386 e. The molecule has 0 fully saturated rings. The van der Waals surface area contributed by atoms with Crippen molar-refractivity contribution in [1.29, 1.82) is 0 Å². The molecular formula is C18H20FNO2. The fourth-order valence-electron chi connectivity index (χ4n) is 2.29. The van der Waals surface area contributed by atoms with Crippen LogP contribution in [0.3, 0.4) is 0 Å². The highest BCUT2D eigenvalue weighted by Gasteiger charge is 2.13. The lowest BCUT2D eigenvalue weighted by Gasteiger charge is -2.13. The third kappa shape index (κ3) is 4.40. The first-order valence-electron chi connectivity index (χ1n) is 7.31. The molecule has 1 atom stereocenters. The molecule has 0 heterocycles. The lowest BCUT2D eigenvalue weighted by atomic mass is 10.0. The van der Waals surface area contributed by atoms with Crippen LogP contribution in [0.1, 0.15) is 29.2 Å². The summed E-state index contributed by atoms with van der Waals surface area (Å²) in [5.41, 5.74) is 2.48. The number of carbonyl (C=O) groups is 1. The second kappa shape index (κ2) is 7.71. The number of benzene rings is 2. The van der Waals surface area contributed by atoms with Gasteiger partial charge in [0.25, 0.3) is 0 Å². The molecule has 116 valence electrons. The minimum atomic E-state index is -1.04. The maximum absolute atomic E-state index is 13.5. The van der Waals surface area contributed by atoms with Crippen LogP contribution in [0.15, 0.2) is 48.5 Å². The van der Waals surface area contributed by atoms with Gasteiger partial charge in [0, 0.05) is 18.5 Å². The topological polar surface area (TPSA) is 49.3 Å². The Morgan fingerprint density at radius 3 is 2.59 bits per heavy atom. The number of hydrogen-bond donors (Lipinski definition) is 2. The number of aliphatic hydroxyl groups is 1. The molecule has 22 heavy (non-hydrogen) atoms. The smallest absolute Gasteiger partial charge is 0.220 e. The molecule has 2 N–H and O–H groups in total. The molecule has 3 nitrogen and oxygen atoms in total. The molecule has 2 rings (SSSR count). The number of carbonyl (C=O) groups excluding carboxylic acids is 1. The lowest BCUT2D eigenvalue weighted by molar-refractivity contribution is -0.121. The number of hydrogen-bond acceptors (Lipinski definition) is 2. The Morgan fingerprint density at radius 2 is 1.86 bits per heavy atom. The molecule has 0 radical (unpaired) electrons. The molecular weight excluding hydrogens is 281 g/mol. The van der Waals surface area contributed by atoms with Gasteiger partial charge in [0.2, 0.25) is 5.91 Å². The molecule has 0 aliphatic rings. The average Bonchev–Trinajstić information content (AvgIpc) is 2.52. The molecule has 0 bridgehead atoms. The SMILES string of the molecule is Cc1ccccc1CCC(=O)NCC(O)c1ccccc1F. The Kier molecular flexibility index (Phi) is 5.67. The molecule has 2 aromatic carbocycles. The fourth-order valence-corrected chi connectivity index (χ4v) is 2.29. The van der Waals surface area contributed by atoms with E-state index in [0.717, 1.165) is 11.1 Å². The summed E-state index contributed by atoms with van der Waals surface area (Å²) in [5.74, 6) is -0.622. The molecule has 0 saturated carbocycles. The minimum absolute atomic E-state index is 0.00748. The predicted octanol–water partition coefficient (Wildman–Crippen LogP) is 2.92. The summed E-state index contributed by atoms with van der Waals surface area (Å²) in [4.78, 5) is 11.8. The first-order chi connectivity index (χ1) is 10.6. The van der Waals surface area contributed by atoms with E-state index in [-0.39, 0.29) is 18.0 Å². The first-order valence-corrected chi connectivity index (χ1v) is 7.31. The van der Waals surface area contributed by atoms with E-state index in [1.165, 1.54) is 12.1 Å². The molecule has 0 spiro atoms. The zero-order valence-corrected chi connectivity index (χ0v) is 12.6. The van der Waals surface area contributed by atoms with Gasteiger partial charge < -0.3 is 10.4 Å². The van der Waals surface area contributed by atoms with Gasteiger partial charge in [-0.1, -0.05) is 42.5 Å². The van der Waals surface area contributed by atoms with Crippen LogP contribution in [-0.2, 0) is 11.2 Å². The van der Waals surface area contributed by atoms with Crippen molar-refractivity contribution in [3.8, 4) is 0 Å². The molecule has 2 aromatic rings. The van der Waals surface area contributed by atoms with Gasteiger partial charge in [0.05, 0.1) is 6.10 Å². The number of aliphatic hydroxyl groups excluding tert-OH is 1. The van der Waals surface area contributed by atoms with Crippen LogP contribution in [0.4, 0.5) is 4.39 Å². The molecule has 1 unspecified atom stereocenters. The van der Waals surface area contributed by atoms with Crippen LogP contribution in [0.25, 0.3) is 0 Å². The van der Waals surface area contributed by atoms with Crippen molar-refractivity contribution in [3.05, 3.63) is 71.0 Å². The maximum Gasteiger partial charge on any atom is 0.220 e. The summed E-state index contributed by atoms with van der Waals surface area (Å²) in [7, 11) is 0. The van der Waals surface area contributed by atoms with E-state index in [9.17, 15) is 14.3 Å². The van der Waals surface area contributed by atoms with E-state index < -0.39 is 11.9 Å². The van der Waals surface area contributed by atoms with Gasteiger partial charge in [-0.3, -0.25) is 4.79 Å². The number of aryl methyl sites for hydroxylation is 2. The van der Waals surface area contributed by atoms with Gasteiger partial charge in [-0.05, 0) is 30.5 Å². The number of halogens is 1. The number of amides is 1. The van der Waals surface area contributed by atoms with Crippen molar-refractivity contribution >= 4 is 5.91 Å². The molecule has 0 saturated heterocycles. The van der Waals surface area contributed by atoms with Crippen LogP contribution >= 0.6 is 0 Å². The summed E-state index contributed by atoms with van der Waals surface area (Å²) in [6.07, 6.45) is -0.0491. The fraction of sp³-hybridized carbons (Fsp3) is 0.278. The average molecular weight is 301 g/mol. The van der Waals surface area contributed by atoms with Crippen LogP contribution in [-0.4, -0.2) is 17.6 Å². The van der Waals surface area contributed by atoms with Crippen molar-refractivity contribution in [2.45, 2.75) is 25.9 Å². The van der Waals surface area contributed by atoms with Crippen molar-refractivity contribution in [2.75, 3.05) is 6.54 Å². The summed E-state index contributed by atoms with van der Waals surface area (Å²) in [6.45, 7) is 2.02. The van der Waals surface area contributed by atoms with E-state index in [1.54, 1.807) is 12.1 Å². The quantitative estimate of drug-likeness (QED) is 0.862. The predicted molar refractivity (Wildman–Crippen MR) is 83.9 cm³/mol. The van der Waals surface area contributed by atoms with E-state index >= 15 is 0 Å². The zero-order chi connectivity index (χ0) is 15.9. The van der Waals surface area contributed by atoms with E-state index in [4.69, 9.17) is 0 Å². The molecule has 4 heteroatoms. The van der Waals surface area contributed by atoms with Gasteiger partial charge in [0.15, 0.2) is 0 Å². The normalized spacial score (nSPS) is 12.0. The van der Waals surface area contributed by atoms with Gasteiger partial charge in [-0.2, -0.15) is 0 Å². The van der Waals surface area contributed by atoms with Gasteiger partial charge in [-0.25, -0.2) is 4.39 Å². The van der Waals surface area contributed by atoms with Gasteiger partial charge >= 0.3 is 0 Å². The molecule has 0 aromatic heterocycles. The second-order valence-corrected chi connectivity index (χ2v) is 5.27. The van der Waals surface area contributed by atoms with Crippen molar-refractivity contribution in [3.63, 3.8) is 0 Å². The summed E-state index contributed by atoms with van der Waals surface area (Å²) >= 11 is 0. The van der Waals surface area contributed by atoms with E-state index in [0.29, 0.717) is 12.8 Å². The first kappa shape index (κ1) is 16.2. The monoisotopic (exact) mass is 301 g/mol. The van der Waals surface area contributed by atoms with E-state index in [2.05, 4.69) is 5.32 Å². The summed E-state index contributed by atoms with van der Waals surface area (Å²) < 4.78 is 13.5. The zero-order valence-electron chi connectivity index (χ0n) is 12.6. The summed E-state index contributed by atoms with van der Waals surface area (Å²) in [6, 6.07) is 13.9. The van der Waals surface area contributed by atoms with Gasteiger partial charge in [0.1, 0.15) is 5.82 Å². The van der Waals surface area contributed by atoms with Crippen LogP contribution in [0.5, 0.6) is 0 Å². The number of rotatable bonds is 6. The highest BCUT2D eigenvalue weighted by molar-refractivity contribution is 5.76. The Balaban J connectivity index is 1.81. The highest BCUT2D eigenvalue weighted by Crippen LogP contribution is 2.15. The Morgan fingerprint density at radius 1 is 1.18 bits per heavy atom. The number of nitrogens with one attached hydrogen (secondary N) is 1. The van der Waals surface area contributed by atoms with Crippen molar-refractivity contribution in [1.82, 2.24) is 5.32 Å². The lowest BCUT2D eigenvalue weighted by Crippen LogP contribution is -2.28.